The average molecular weight is 342 g/mol. The summed E-state index contributed by atoms with van der Waals surface area (Å²) in [4.78, 5) is 14.1. The van der Waals surface area contributed by atoms with Gasteiger partial charge in [-0.3, -0.25) is 4.79 Å². The third kappa shape index (κ3) is 3.50. The number of hydrogen-bond donors (Lipinski definition) is 2. The van der Waals surface area contributed by atoms with Gasteiger partial charge in [-0.15, -0.1) is 0 Å². The van der Waals surface area contributed by atoms with Crippen molar-refractivity contribution in [3.63, 3.8) is 0 Å². The predicted molar refractivity (Wildman–Crippen MR) is 82.4 cm³/mol. The molecule has 0 radical (unpaired) electrons. The summed E-state index contributed by atoms with van der Waals surface area (Å²) >= 11 is 3.37. The minimum Gasteiger partial charge on any atom is -0.409 e. The molecule has 1 unspecified atom stereocenters. The fraction of sp³-hybridized carbons (Fsp3) is 0.429. The lowest BCUT2D eigenvalue weighted by Gasteiger charge is -2.30. The number of amides is 1. The van der Waals surface area contributed by atoms with Gasteiger partial charge < -0.3 is 15.8 Å². The van der Waals surface area contributed by atoms with Gasteiger partial charge in [0.05, 0.1) is 0 Å². The fourth-order valence-electron chi connectivity index (χ4n) is 1.91. The number of rotatable bonds is 5. The lowest BCUT2D eigenvalue weighted by Crippen LogP contribution is -2.47. The molecule has 0 saturated carbocycles. The molecule has 0 spiro atoms. The topological polar surface area (TPSA) is 78.9 Å². The van der Waals surface area contributed by atoms with Crippen molar-refractivity contribution >= 4 is 27.7 Å². The highest BCUT2D eigenvalue weighted by molar-refractivity contribution is 9.10. The maximum Gasteiger partial charge on any atom is 0.236 e. The van der Waals surface area contributed by atoms with Crippen LogP contribution in [0.5, 0.6) is 0 Å². The van der Waals surface area contributed by atoms with Gasteiger partial charge in [0.2, 0.25) is 5.91 Å². The molecule has 1 aromatic carbocycles. The Labute approximate surface area is 127 Å². The Kier molecular flexibility index (Phi) is 5.56. The van der Waals surface area contributed by atoms with Gasteiger partial charge >= 0.3 is 0 Å². The van der Waals surface area contributed by atoms with Crippen LogP contribution in [0.3, 0.4) is 0 Å². The summed E-state index contributed by atoms with van der Waals surface area (Å²) in [5.74, 6) is -0.231. The quantitative estimate of drug-likeness (QED) is 0.374. The zero-order valence-corrected chi connectivity index (χ0v) is 13.5. The van der Waals surface area contributed by atoms with Gasteiger partial charge in [-0.2, -0.15) is 0 Å². The molecule has 3 N–H and O–H groups in total. The molecular formula is C14H20BrN3O2. The molecule has 20 heavy (non-hydrogen) atoms. The zero-order chi connectivity index (χ0) is 15.3. The number of carbonyl (C=O) groups excluding carboxylic acids is 1. The molecule has 1 rings (SSSR count). The normalized spacial score (nSPS) is 14.7. The van der Waals surface area contributed by atoms with Crippen molar-refractivity contribution < 1.29 is 10.0 Å². The van der Waals surface area contributed by atoms with Crippen molar-refractivity contribution in [2.24, 2.45) is 16.3 Å². The second-order valence-corrected chi connectivity index (χ2v) is 5.87. The van der Waals surface area contributed by atoms with Crippen molar-refractivity contribution in [1.29, 1.82) is 0 Å². The Hall–Kier alpha value is -1.56. The lowest BCUT2D eigenvalue weighted by molar-refractivity contribution is -0.137. The van der Waals surface area contributed by atoms with Gasteiger partial charge in [0.1, 0.15) is 5.41 Å². The van der Waals surface area contributed by atoms with E-state index in [0.717, 1.165) is 10.0 Å². The van der Waals surface area contributed by atoms with Crippen LogP contribution >= 0.6 is 15.9 Å². The molecule has 0 aliphatic carbocycles. The molecule has 5 nitrogen and oxygen atoms in total. The Morgan fingerprint density at radius 1 is 1.45 bits per heavy atom. The second kappa shape index (κ2) is 6.74. The van der Waals surface area contributed by atoms with Crippen LogP contribution in [0.4, 0.5) is 0 Å². The van der Waals surface area contributed by atoms with E-state index in [2.05, 4.69) is 21.1 Å². The second-order valence-electron chi connectivity index (χ2n) is 4.96. The summed E-state index contributed by atoms with van der Waals surface area (Å²) in [6, 6.07) is 7.74. The molecule has 0 aromatic heterocycles. The van der Waals surface area contributed by atoms with Crippen molar-refractivity contribution in [2.75, 3.05) is 7.05 Å². The van der Waals surface area contributed by atoms with E-state index >= 15 is 0 Å². The SMILES string of the molecule is CCC(C)(C(=O)N(C)Cc1ccc(Br)cc1)/C(N)=N/O. The van der Waals surface area contributed by atoms with Gasteiger partial charge in [0.25, 0.3) is 0 Å². The van der Waals surface area contributed by atoms with E-state index in [1.165, 1.54) is 0 Å². The van der Waals surface area contributed by atoms with Crippen molar-refractivity contribution in [3.05, 3.63) is 34.3 Å². The molecule has 0 aliphatic heterocycles. The molecule has 0 heterocycles. The highest BCUT2D eigenvalue weighted by Gasteiger charge is 2.38. The number of nitrogens with zero attached hydrogens (tertiary/aromatic N) is 2. The van der Waals surface area contributed by atoms with Crippen LogP contribution in [-0.4, -0.2) is 28.9 Å². The Bertz CT molecular complexity index is 502. The summed E-state index contributed by atoms with van der Waals surface area (Å²) in [5.41, 5.74) is 5.69. The van der Waals surface area contributed by atoms with E-state index in [9.17, 15) is 4.79 Å². The van der Waals surface area contributed by atoms with Crippen molar-refractivity contribution in [1.82, 2.24) is 4.90 Å². The third-order valence-corrected chi connectivity index (χ3v) is 4.06. The van der Waals surface area contributed by atoms with Gasteiger partial charge in [-0.25, -0.2) is 0 Å². The molecule has 1 atom stereocenters. The maximum absolute atomic E-state index is 12.5. The molecule has 0 aliphatic rings. The van der Waals surface area contributed by atoms with Crippen LogP contribution in [0.2, 0.25) is 0 Å². The fourth-order valence-corrected chi connectivity index (χ4v) is 2.17. The molecular weight excluding hydrogens is 322 g/mol. The van der Waals surface area contributed by atoms with E-state index in [0.29, 0.717) is 13.0 Å². The highest BCUT2D eigenvalue weighted by atomic mass is 79.9. The first-order chi connectivity index (χ1) is 9.35. The molecule has 0 fully saturated rings. The van der Waals surface area contributed by atoms with Crippen molar-refractivity contribution in [2.45, 2.75) is 26.8 Å². The smallest absolute Gasteiger partial charge is 0.236 e. The van der Waals surface area contributed by atoms with Crippen molar-refractivity contribution in [3.8, 4) is 0 Å². The number of oxime groups is 1. The Morgan fingerprint density at radius 3 is 2.45 bits per heavy atom. The molecule has 6 heteroatoms. The van der Waals surface area contributed by atoms with Gasteiger partial charge in [-0.1, -0.05) is 40.1 Å². The number of hydrogen-bond acceptors (Lipinski definition) is 3. The summed E-state index contributed by atoms with van der Waals surface area (Å²) in [7, 11) is 1.71. The number of benzene rings is 1. The van der Waals surface area contributed by atoms with Crippen LogP contribution in [0.1, 0.15) is 25.8 Å². The van der Waals surface area contributed by atoms with Gasteiger partial charge in [0, 0.05) is 18.1 Å². The summed E-state index contributed by atoms with van der Waals surface area (Å²) in [5, 5.41) is 11.8. The average Bonchev–Trinajstić information content (AvgIpc) is 2.46. The highest BCUT2D eigenvalue weighted by Crippen LogP contribution is 2.25. The molecule has 0 saturated heterocycles. The minimum absolute atomic E-state index is 0.0624. The lowest BCUT2D eigenvalue weighted by atomic mass is 9.84. The van der Waals surface area contributed by atoms with E-state index in [4.69, 9.17) is 10.9 Å². The predicted octanol–water partition coefficient (Wildman–Crippen LogP) is 2.57. The van der Waals surface area contributed by atoms with Crippen LogP contribution in [0, 0.1) is 5.41 Å². The standard InChI is InChI=1S/C14H20BrN3O2/c1-4-14(2,12(16)17-20)13(19)18(3)9-10-5-7-11(15)8-6-10/h5-8,20H,4,9H2,1-3H3,(H2,16,17). The van der Waals surface area contributed by atoms with Crippen LogP contribution in [0.25, 0.3) is 0 Å². The molecule has 110 valence electrons. The minimum atomic E-state index is -0.987. The summed E-state index contributed by atoms with van der Waals surface area (Å²) < 4.78 is 0.991. The van der Waals surface area contributed by atoms with Crippen LogP contribution in [0.15, 0.2) is 33.9 Å². The summed E-state index contributed by atoms with van der Waals surface area (Å²) in [6.45, 7) is 3.99. The first-order valence-corrected chi connectivity index (χ1v) is 7.12. The number of amidine groups is 1. The monoisotopic (exact) mass is 341 g/mol. The van der Waals surface area contributed by atoms with Crippen LogP contribution < -0.4 is 5.73 Å². The molecule has 1 amide bonds. The molecule has 1 aromatic rings. The Morgan fingerprint density at radius 2 is 2.00 bits per heavy atom. The summed E-state index contributed by atoms with van der Waals surface area (Å²) in [6.07, 6.45) is 0.465. The van der Waals surface area contributed by atoms with E-state index < -0.39 is 5.41 Å². The third-order valence-electron chi connectivity index (χ3n) is 3.53. The number of carbonyl (C=O) groups is 1. The van der Waals surface area contributed by atoms with Crippen LogP contribution in [-0.2, 0) is 11.3 Å². The van der Waals surface area contributed by atoms with E-state index in [1.54, 1.807) is 18.9 Å². The number of nitrogens with two attached hydrogens (primary N) is 1. The van der Waals surface area contributed by atoms with Gasteiger partial charge in [0.15, 0.2) is 5.84 Å². The zero-order valence-electron chi connectivity index (χ0n) is 11.9. The van der Waals surface area contributed by atoms with E-state index in [-0.39, 0.29) is 11.7 Å². The first-order valence-electron chi connectivity index (χ1n) is 6.33. The van der Waals surface area contributed by atoms with Gasteiger partial charge in [-0.05, 0) is 31.0 Å². The number of halogens is 1. The first kappa shape index (κ1) is 16.5. The Balaban J connectivity index is 2.88. The maximum atomic E-state index is 12.5. The largest absolute Gasteiger partial charge is 0.409 e. The molecule has 0 bridgehead atoms. The van der Waals surface area contributed by atoms with E-state index in [1.807, 2.05) is 31.2 Å².